The molecule has 0 saturated carbocycles. The standard InChI is InChI=1S/C22H31N3O3S.BrH/c1-17(2)25(15-18-9-7-6-8-10-18)16-21(26)19-11-13-20(14-12-19)23-29(27,28)24-22(3,4)5;/h6-14,17,23-24H,15-16H2,1-5H3;1H. The van der Waals surface area contributed by atoms with Crippen LogP contribution in [0.2, 0.25) is 0 Å². The van der Waals surface area contributed by atoms with E-state index in [1.54, 1.807) is 45.0 Å². The molecule has 166 valence electrons. The van der Waals surface area contributed by atoms with Crippen molar-refractivity contribution in [3.63, 3.8) is 0 Å². The van der Waals surface area contributed by atoms with Crippen LogP contribution < -0.4 is 9.44 Å². The number of nitrogens with one attached hydrogen (secondary N) is 2. The van der Waals surface area contributed by atoms with Crippen LogP contribution in [0.5, 0.6) is 0 Å². The molecule has 0 radical (unpaired) electrons. The average Bonchev–Trinajstić information content (AvgIpc) is 2.60. The number of nitrogens with zero attached hydrogens (tertiary/aromatic N) is 1. The van der Waals surface area contributed by atoms with Crippen molar-refractivity contribution in [2.45, 2.75) is 52.7 Å². The van der Waals surface area contributed by atoms with Crippen molar-refractivity contribution in [1.29, 1.82) is 0 Å². The van der Waals surface area contributed by atoms with Crippen molar-refractivity contribution in [2.75, 3.05) is 11.3 Å². The van der Waals surface area contributed by atoms with Gasteiger partial charge in [0.25, 0.3) is 10.2 Å². The molecule has 2 aromatic carbocycles. The predicted octanol–water partition coefficient (Wildman–Crippen LogP) is 4.40. The smallest absolute Gasteiger partial charge is 0.293 e. The normalized spacial score (nSPS) is 12.0. The number of carbonyl (C=O) groups excluding carboxylic acids is 1. The van der Waals surface area contributed by atoms with Crippen LogP contribution in [-0.2, 0) is 16.8 Å². The van der Waals surface area contributed by atoms with Crippen LogP contribution >= 0.6 is 17.0 Å². The van der Waals surface area contributed by atoms with Crippen molar-refractivity contribution in [2.24, 2.45) is 0 Å². The van der Waals surface area contributed by atoms with Gasteiger partial charge < -0.3 is 0 Å². The first-order valence-electron chi connectivity index (χ1n) is 9.68. The Morgan fingerprint density at radius 3 is 2.07 bits per heavy atom. The summed E-state index contributed by atoms with van der Waals surface area (Å²) >= 11 is 0. The Labute approximate surface area is 191 Å². The molecule has 0 heterocycles. The molecule has 0 fully saturated rings. The second-order valence-electron chi connectivity index (χ2n) is 8.44. The van der Waals surface area contributed by atoms with Crippen molar-refractivity contribution < 1.29 is 13.2 Å². The Bertz CT molecular complexity index is 909. The molecular formula is C22H32BrN3O3S. The molecule has 0 amide bonds. The van der Waals surface area contributed by atoms with Gasteiger partial charge in [0.15, 0.2) is 5.78 Å². The van der Waals surface area contributed by atoms with Crippen molar-refractivity contribution in [3.8, 4) is 0 Å². The minimum atomic E-state index is -3.68. The fourth-order valence-electron chi connectivity index (χ4n) is 2.82. The summed E-state index contributed by atoms with van der Waals surface area (Å²) in [5.41, 5.74) is 1.53. The Hall–Kier alpha value is -1.74. The summed E-state index contributed by atoms with van der Waals surface area (Å²) in [7, 11) is -3.68. The zero-order chi connectivity index (χ0) is 21.7. The number of hydrogen-bond acceptors (Lipinski definition) is 4. The molecule has 0 aromatic heterocycles. The molecule has 0 aliphatic heterocycles. The molecule has 0 saturated heterocycles. The summed E-state index contributed by atoms with van der Waals surface area (Å²) in [5.74, 6) is -0.00291. The summed E-state index contributed by atoms with van der Waals surface area (Å²) in [6, 6.07) is 16.8. The number of rotatable bonds is 9. The fourth-order valence-corrected chi connectivity index (χ4v) is 4.13. The maximum Gasteiger partial charge on any atom is 0.299 e. The minimum Gasteiger partial charge on any atom is -0.293 e. The van der Waals surface area contributed by atoms with E-state index in [1.807, 2.05) is 30.3 Å². The average molecular weight is 498 g/mol. The van der Waals surface area contributed by atoms with E-state index in [0.29, 0.717) is 24.3 Å². The lowest BCUT2D eigenvalue weighted by molar-refractivity contribution is 0.0898. The number of ketones is 1. The van der Waals surface area contributed by atoms with E-state index in [9.17, 15) is 13.2 Å². The number of carbonyl (C=O) groups is 1. The molecule has 0 unspecified atom stereocenters. The van der Waals surface area contributed by atoms with E-state index in [4.69, 9.17) is 0 Å². The van der Waals surface area contributed by atoms with Crippen LogP contribution in [0.25, 0.3) is 0 Å². The lowest BCUT2D eigenvalue weighted by atomic mass is 10.1. The van der Waals surface area contributed by atoms with Crippen LogP contribution in [0.1, 0.15) is 50.5 Å². The number of benzene rings is 2. The molecule has 0 atom stereocenters. The van der Waals surface area contributed by atoms with Crippen LogP contribution in [0, 0.1) is 0 Å². The molecule has 2 aromatic rings. The molecule has 0 bridgehead atoms. The van der Waals surface area contributed by atoms with Crippen LogP contribution in [0.4, 0.5) is 5.69 Å². The highest BCUT2D eigenvalue weighted by molar-refractivity contribution is 8.93. The summed E-state index contributed by atoms with van der Waals surface area (Å²) in [6.45, 7) is 10.4. The maximum atomic E-state index is 12.7. The van der Waals surface area contributed by atoms with Crippen molar-refractivity contribution in [1.82, 2.24) is 9.62 Å². The number of Topliss-reactive ketones (excluding diaryl/α,β-unsaturated/α-hetero) is 1. The van der Waals surface area contributed by atoms with Gasteiger partial charge in [0.05, 0.1) is 6.54 Å². The molecule has 0 aliphatic rings. The summed E-state index contributed by atoms with van der Waals surface area (Å²) < 4.78 is 29.3. The summed E-state index contributed by atoms with van der Waals surface area (Å²) in [5, 5.41) is 0. The van der Waals surface area contributed by atoms with Gasteiger partial charge in [0.2, 0.25) is 0 Å². The Kier molecular flexibility index (Phi) is 9.68. The Morgan fingerprint density at radius 1 is 1.00 bits per heavy atom. The molecule has 30 heavy (non-hydrogen) atoms. The third-order valence-electron chi connectivity index (χ3n) is 4.21. The van der Waals surface area contributed by atoms with Gasteiger partial charge in [-0.15, -0.1) is 17.0 Å². The molecule has 6 nitrogen and oxygen atoms in total. The van der Waals surface area contributed by atoms with Gasteiger partial charge in [-0.25, -0.2) is 0 Å². The van der Waals surface area contributed by atoms with Crippen molar-refractivity contribution >= 4 is 38.7 Å². The van der Waals surface area contributed by atoms with E-state index >= 15 is 0 Å². The van der Waals surface area contributed by atoms with Gasteiger partial charge in [0, 0.05) is 29.4 Å². The first kappa shape index (κ1) is 26.3. The van der Waals surface area contributed by atoms with Gasteiger partial charge in [0.1, 0.15) is 0 Å². The molecule has 2 rings (SSSR count). The summed E-state index contributed by atoms with van der Waals surface area (Å²) in [4.78, 5) is 14.9. The molecule has 8 heteroatoms. The Morgan fingerprint density at radius 2 is 1.57 bits per heavy atom. The first-order chi connectivity index (χ1) is 13.5. The second kappa shape index (κ2) is 11.0. The number of anilines is 1. The van der Waals surface area contributed by atoms with Crippen LogP contribution in [0.15, 0.2) is 54.6 Å². The topological polar surface area (TPSA) is 78.5 Å². The van der Waals surface area contributed by atoms with E-state index in [0.717, 1.165) is 5.56 Å². The van der Waals surface area contributed by atoms with E-state index < -0.39 is 15.7 Å². The monoisotopic (exact) mass is 497 g/mol. The SMILES string of the molecule is Br.CC(C)N(CC(=O)c1ccc(NS(=O)(=O)NC(C)(C)C)cc1)Cc1ccccc1. The molecule has 2 N–H and O–H groups in total. The largest absolute Gasteiger partial charge is 0.299 e. The van der Waals surface area contributed by atoms with E-state index in [-0.39, 0.29) is 28.8 Å². The maximum absolute atomic E-state index is 12.7. The number of hydrogen-bond donors (Lipinski definition) is 2. The zero-order valence-corrected chi connectivity index (χ0v) is 20.7. The van der Waals surface area contributed by atoms with E-state index in [2.05, 4.69) is 28.2 Å². The lowest BCUT2D eigenvalue weighted by Gasteiger charge is -2.26. The van der Waals surface area contributed by atoms with Crippen LogP contribution in [0.3, 0.4) is 0 Å². The van der Waals surface area contributed by atoms with E-state index in [1.165, 1.54) is 0 Å². The molecule has 0 spiro atoms. The van der Waals surface area contributed by atoms with Gasteiger partial charge in [-0.1, -0.05) is 30.3 Å². The second-order valence-corrected chi connectivity index (χ2v) is 9.86. The number of halogens is 1. The third-order valence-corrected chi connectivity index (χ3v) is 5.59. The Balaban J connectivity index is 0.00000450. The lowest BCUT2D eigenvalue weighted by Crippen LogP contribution is -2.43. The molecule has 0 aliphatic carbocycles. The van der Waals surface area contributed by atoms with Gasteiger partial charge in [-0.05, 0) is 64.4 Å². The highest BCUT2D eigenvalue weighted by Crippen LogP contribution is 2.15. The fraction of sp³-hybridized carbons (Fsp3) is 0.409. The van der Waals surface area contributed by atoms with Gasteiger partial charge >= 0.3 is 0 Å². The third kappa shape index (κ3) is 8.95. The summed E-state index contributed by atoms with van der Waals surface area (Å²) in [6.07, 6.45) is 0. The van der Waals surface area contributed by atoms with Gasteiger partial charge in [-0.3, -0.25) is 14.4 Å². The highest BCUT2D eigenvalue weighted by atomic mass is 79.9. The molecular weight excluding hydrogens is 466 g/mol. The van der Waals surface area contributed by atoms with Gasteiger partial charge in [-0.2, -0.15) is 13.1 Å². The predicted molar refractivity (Wildman–Crippen MR) is 129 cm³/mol. The van der Waals surface area contributed by atoms with Crippen molar-refractivity contribution in [3.05, 3.63) is 65.7 Å². The zero-order valence-electron chi connectivity index (χ0n) is 18.2. The van der Waals surface area contributed by atoms with Crippen LogP contribution in [-0.4, -0.2) is 37.2 Å². The first-order valence-corrected chi connectivity index (χ1v) is 11.2. The highest BCUT2D eigenvalue weighted by Gasteiger charge is 2.20. The quantitative estimate of drug-likeness (QED) is 0.503. The minimum absolute atomic E-state index is 0.